The molecule has 0 bridgehead atoms. The van der Waals surface area contributed by atoms with Crippen LogP contribution in [0.2, 0.25) is 0 Å². The molecule has 7 heteroatoms. The Bertz CT molecular complexity index is 823. The summed E-state index contributed by atoms with van der Waals surface area (Å²) in [5.74, 6) is -0.635. The van der Waals surface area contributed by atoms with Crippen LogP contribution in [0.15, 0.2) is 53.7 Å². The summed E-state index contributed by atoms with van der Waals surface area (Å²) in [5, 5.41) is 2.85. The minimum absolute atomic E-state index is 0.00112. The molecule has 3 N–H and O–H groups in total. The van der Waals surface area contributed by atoms with Gasteiger partial charge in [0.15, 0.2) is 0 Å². The largest absolute Gasteiger partial charge is 0.366 e. The molecule has 1 atom stereocenters. The third-order valence-electron chi connectivity index (χ3n) is 4.29. The van der Waals surface area contributed by atoms with E-state index in [1.165, 1.54) is 0 Å². The van der Waals surface area contributed by atoms with Gasteiger partial charge in [0.2, 0.25) is 11.8 Å². The highest BCUT2D eigenvalue weighted by Crippen LogP contribution is 2.28. The number of amidine groups is 1. The number of nitrogens with one attached hydrogen (secondary N) is 1. The number of aliphatic imine (C=N–C) groups is 1. The number of benzene rings is 1. The van der Waals surface area contributed by atoms with Gasteiger partial charge in [-0.1, -0.05) is 18.2 Å². The number of nitrogens with zero attached hydrogens (tertiary/aromatic N) is 2. The molecule has 128 valence electrons. The highest BCUT2D eigenvalue weighted by atomic mass is 16.2. The Morgan fingerprint density at radius 3 is 2.68 bits per heavy atom. The standard InChI is InChI=1S/C18H18N4O3/c1-18(10-15(23)21-14-4-2-3-9-22(14)18)17(25)20-11-12-5-7-13(8-6-12)16(19)24/h2-9H,10-11H2,1H3,(H2,19,24)(H,20,25). The second-order valence-electron chi connectivity index (χ2n) is 6.13. The van der Waals surface area contributed by atoms with E-state index < -0.39 is 11.4 Å². The fraction of sp³-hybridized carbons (Fsp3) is 0.222. The van der Waals surface area contributed by atoms with Crippen molar-refractivity contribution in [2.45, 2.75) is 25.4 Å². The summed E-state index contributed by atoms with van der Waals surface area (Å²) in [6.07, 6.45) is 7.01. The van der Waals surface area contributed by atoms with Crippen LogP contribution in [0.1, 0.15) is 29.3 Å². The Morgan fingerprint density at radius 1 is 1.28 bits per heavy atom. The average Bonchev–Trinajstić information content (AvgIpc) is 2.59. The molecule has 0 saturated heterocycles. The molecule has 2 aliphatic heterocycles. The molecule has 0 spiro atoms. The minimum Gasteiger partial charge on any atom is -0.366 e. The van der Waals surface area contributed by atoms with E-state index >= 15 is 0 Å². The Labute approximate surface area is 144 Å². The lowest BCUT2D eigenvalue weighted by molar-refractivity contribution is -0.134. The van der Waals surface area contributed by atoms with Crippen molar-refractivity contribution in [1.82, 2.24) is 10.2 Å². The number of amides is 3. The molecule has 7 nitrogen and oxygen atoms in total. The maximum Gasteiger partial charge on any atom is 0.250 e. The summed E-state index contributed by atoms with van der Waals surface area (Å²) in [6.45, 7) is 2.00. The van der Waals surface area contributed by atoms with Gasteiger partial charge in [-0.15, -0.1) is 0 Å². The Hall–Kier alpha value is -3.22. The number of primary amides is 1. The Kier molecular flexibility index (Phi) is 4.22. The maximum absolute atomic E-state index is 12.8. The first-order valence-electron chi connectivity index (χ1n) is 7.83. The van der Waals surface area contributed by atoms with Gasteiger partial charge in [0.05, 0.1) is 6.42 Å². The van der Waals surface area contributed by atoms with E-state index in [2.05, 4.69) is 10.3 Å². The van der Waals surface area contributed by atoms with Crippen molar-refractivity contribution < 1.29 is 14.4 Å². The number of hydrogen-bond donors (Lipinski definition) is 2. The van der Waals surface area contributed by atoms with Crippen LogP contribution < -0.4 is 11.1 Å². The van der Waals surface area contributed by atoms with E-state index in [9.17, 15) is 14.4 Å². The molecule has 2 aliphatic rings. The number of carbonyl (C=O) groups excluding carboxylic acids is 3. The van der Waals surface area contributed by atoms with Crippen LogP contribution in [0, 0.1) is 0 Å². The van der Waals surface area contributed by atoms with Crippen LogP contribution in [0.3, 0.4) is 0 Å². The number of nitrogens with two attached hydrogens (primary N) is 1. The molecule has 0 fully saturated rings. The first kappa shape index (κ1) is 16.6. The van der Waals surface area contributed by atoms with E-state index in [4.69, 9.17) is 5.73 Å². The molecule has 1 aromatic carbocycles. The second kappa shape index (κ2) is 6.35. The van der Waals surface area contributed by atoms with Gasteiger partial charge >= 0.3 is 0 Å². The van der Waals surface area contributed by atoms with Gasteiger partial charge in [0.25, 0.3) is 5.91 Å². The van der Waals surface area contributed by atoms with Crippen molar-refractivity contribution in [3.8, 4) is 0 Å². The molecular weight excluding hydrogens is 320 g/mol. The maximum atomic E-state index is 12.8. The zero-order chi connectivity index (χ0) is 18.0. The third-order valence-corrected chi connectivity index (χ3v) is 4.29. The predicted molar refractivity (Wildman–Crippen MR) is 92.4 cm³/mol. The summed E-state index contributed by atoms with van der Waals surface area (Å²) in [4.78, 5) is 41.5. The van der Waals surface area contributed by atoms with Gasteiger partial charge in [-0.25, -0.2) is 0 Å². The lowest BCUT2D eigenvalue weighted by Crippen LogP contribution is -2.59. The third kappa shape index (κ3) is 3.21. The first-order chi connectivity index (χ1) is 11.9. The highest BCUT2D eigenvalue weighted by molar-refractivity contribution is 6.09. The van der Waals surface area contributed by atoms with Crippen molar-refractivity contribution >= 4 is 23.6 Å². The summed E-state index contributed by atoms with van der Waals surface area (Å²) in [7, 11) is 0. The molecule has 0 radical (unpaired) electrons. The number of carbonyl (C=O) groups is 3. The average molecular weight is 338 g/mol. The molecule has 3 amide bonds. The van der Waals surface area contributed by atoms with Gasteiger partial charge in [-0.05, 0) is 36.8 Å². The van der Waals surface area contributed by atoms with E-state index in [0.717, 1.165) is 5.56 Å². The van der Waals surface area contributed by atoms with Gasteiger partial charge in [-0.3, -0.25) is 14.4 Å². The van der Waals surface area contributed by atoms with E-state index in [1.807, 2.05) is 0 Å². The fourth-order valence-corrected chi connectivity index (χ4v) is 2.84. The number of fused-ring (bicyclic) bond motifs is 1. The topological polar surface area (TPSA) is 105 Å². The van der Waals surface area contributed by atoms with Crippen LogP contribution >= 0.6 is 0 Å². The fourth-order valence-electron chi connectivity index (χ4n) is 2.84. The molecule has 1 aromatic rings. The lowest BCUT2D eigenvalue weighted by Gasteiger charge is -2.41. The minimum atomic E-state index is -1.04. The summed E-state index contributed by atoms with van der Waals surface area (Å²) < 4.78 is 0. The van der Waals surface area contributed by atoms with Crippen LogP contribution in [0.5, 0.6) is 0 Å². The second-order valence-corrected chi connectivity index (χ2v) is 6.13. The Morgan fingerprint density at radius 2 is 2.00 bits per heavy atom. The number of hydrogen-bond acceptors (Lipinski definition) is 4. The number of rotatable bonds is 4. The molecule has 0 aromatic heterocycles. The van der Waals surface area contributed by atoms with Crippen molar-refractivity contribution in [2.75, 3.05) is 0 Å². The monoisotopic (exact) mass is 338 g/mol. The summed E-state index contributed by atoms with van der Waals surface area (Å²) >= 11 is 0. The first-order valence-corrected chi connectivity index (χ1v) is 7.83. The Balaban J connectivity index is 1.73. The summed E-state index contributed by atoms with van der Waals surface area (Å²) in [6, 6.07) is 6.67. The highest BCUT2D eigenvalue weighted by Gasteiger charge is 2.44. The predicted octanol–water partition coefficient (Wildman–Crippen LogP) is 0.875. The molecule has 0 saturated carbocycles. The molecule has 2 heterocycles. The quantitative estimate of drug-likeness (QED) is 0.850. The van der Waals surface area contributed by atoms with Crippen molar-refractivity contribution in [1.29, 1.82) is 0 Å². The van der Waals surface area contributed by atoms with E-state index in [1.54, 1.807) is 60.5 Å². The molecule has 3 rings (SSSR count). The zero-order valence-corrected chi connectivity index (χ0v) is 13.7. The molecular formula is C18H18N4O3. The van der Waals surface area contributed by atoms with Gasteiger partial charge < -0.3 is 16.0 Å². The summed E-state index contributed by atoms with van der Waals surface area (Å²) in [5.41, 5.74) is 5.40. The van der Waals surface area contributed by atoms with Crippen LogP contribution in [0.25, 0.3) is 0 Å². The van der Waals surface area contributed by atoms with Crippen molar-refractivity contribution in [3.05, 3.63) is 59.8 Å². The zero-order valence-electron chi connectivity index (χ0n) is 13.7. The normalized spacial score (nSPS) is 21.6. The van der Waals surface area contributed by atoms with Gasteiger partial charge in [0, 0.05) is 18.3 Å². The number of allylic oxidation sites excluding steroid dienone is 2. The van der Waals surface area contributed by atoms with Crippen LogP contribution in [0.4, 0.5) is 0 Å². The van der Waals surface area contributed by atoms with Crippen molar-refractivity contribution in [2.24, 2.45) is 10.7 Å². The van der Waals surface area contributed by atoms with Gasteiger partial charge in [-0.2, -0.15) is 4.99 Å². The van der Waals surface area contributed by atoms with Crippen molar-refractivity contribution in [3.63, 3.8) is 0 Å². The lowest BCUT2D eigenvalue weighted by atomic mass is 9.91. The smallest absolute Gasteiger partial charge is 0.250 e. The van der Waals surface area contributed by atoms with E-state index in [-0.39, 0.29) is 24.8 Å². The van der Waals surface area contributed by atoms with E-state index in [0.29, 0.717) is 11.4 Å². The molecule has 0 aliphatic carbocycles. The van der Waals surface area contributed by atoms with Gasteiger partial charge in [0.1, 0.15) is 11.4 Å². The van der Waals surface area contributed by atoms with Crippen LogP contribution in [-0.4, -0.2) is 34.0 Å². The molecule has 25 heavy (non-hydrogen) atoms. The SMILES string of the molecule is CC1(C(=O)NCc2ccc(C(N)=O)cc2)CC(=O)N=C2C=CC=CN21. The molecule has 1 unspecified atom stereocenters. The van der Waals surface area contributed by atoms with Crippen LogP contribution in [-0.2, 0) is 16.1 Å².